The Labute approximate surface area is 121 Å². The topological polar surface area (TPSA) is 61.0 Å². The van der Waals surface area contributed by atoms with E-state index >= 15 is 0 Å². The Hall–Kier alpha value is -1.36. The monoisotopic (exact) mass is 278 g/mol. The van der Waals surface area contributed by atoms with Gasteiger partial charge in [-0.2, -0.15) is 5.10 Å². The Morgan fingerprint density at radius 2 is 2.25 bits per heavy atom. The quantitative estimate of drug-likeness (QED) is 0.882. The summed E-state index contributed by atoms with van der Waals surface area (Å²) in [7, 11) is 0. The average molecular weight is 278 g/mol. The molecule has 0 bridgehead atoms. The molecule has 0 saturated heterocycles. The lowest BCUT2D eigenvalue weighted by atomic mass is 9.93. The second-order valence-electron chi connectivity index (χ2n) is 6.61. The third kappa shape index (κ3) is 3.39. The largest absolute Gasteiger partial charge is 0.351 e. The van der Waals surface area contributed by atoms with Gasteiger partial charge in [0.1, 0.15) is 0 Å². The summed E-state index contributed by atoms with van der Waals surface area (Å²) in [5.41, 5.74) is 3.57. The van der Waals surface area contributed by atoms with Crippen molar-refractivity contribution in [2.45, 2.75) is 65.6 Å². The van der Waals surface area contributed by atoms with Crippen LogP contribution < -0.4 is 5.32 Å². The number of hydrogen-bond acceptors (Lipinski definition) is 3. The van der Waals surface area contributed by atoms with Gasteiger partial charge in [0, 0.05) is 49.3 Å². The van der Waals surface area contributed by atoms with Crippen LogP contribution in [0.25, 0.3) is 0 Å². The molecule has 1 aliphatic rings. The lowest BCUT2D eigenvalue weighted by molar-refractivity contribution is -0.120. The minimum Gasteiger partial charge on any atom is -0.351 e. The highest BCUT2D eigenvalue weighted by molar-refractivity contribution is 5.73. The smallest absolute Gasteiger partial charge is 0.217 e. The molecule has 5 heteroatoms. The molecular weight excluding hydrogens is 252 g/mol. The van der Waals surface area contributed by atoms with Crippen molar-refractivity contribution < 1.29 is 4.79 Å². The van der Waals surface area contributed by atoms with Gasteiger partial charge in [0.25, 0.3) is 0 Å². The molecule has 0 saturated carbocycles. The zero-order chi connectivity index (χ0) is 14.9. The molecule has 1 aliphatic heterocycles. The van der Waals surface area contributed by atoms with E-state index in [1.807, 2.05) is 0 Å². The zero-order valence-electron chi connectivity index (χ0n) is 13.2. The molecule has 20 heavy (non-hydrogen) atoms. The number of aromatic amines is 1. The van der Waals surface area contributed by atoms with Crippen LogP contribution in [0.5, 0.6) is 0 Å². The summed E-state index contributed by atoms with van der Waals surface area (Å²) >= 11 is 0. The fourth-order valence-electron chi connectivity index (χ4n) is 3.22. The first-order valence-corrected chi connectivity index (χ1v) is 7.34. The normalized spacial score (nSPS) is 17.6. The molecule has 0 spiro atoms. The number of H-pyrrole nitrogens is 1. The molecule has 1 aromatic rings. The molecule has 112 valence electrons. The van der Waals surface area contributed by atoms with Crippen LogP contribution in [0.4, 0.5) is 0 Å². The van der Waals surface area contributed by atoms with E-state index in [1.54, 1.807) is 6.92 Å². The van der Waals surface area contributed by atoms with Gasteiger partial charge in [0.15, 0.2) is 0 Å². The van der Waals surface area contributed by atoms with Crippen molar-refractivity contribution in [1.82, 2.24) is 20.4 Å². The Balaban J connectivity index is 1.99. The van der Waals surface area contributed by atoms with Gasteiger partial charge < -0.3 is 5.32 Å². The average Bonchev–Trinajstić information content (AvgIpc) is 2.68. The second kappa shape index (κ2) is 5.56. The number of carbonyl (C=O) groups excluding carboxylic acids is 1. The van der Waals surface area contributed by atoms with Gasteiger partial charge in [0.05, 0.1) is 5.69 Å². The van der Waals surface area contributed by atoms with Crippen molar-refractivity contribution in [2.75, 3.05) is 6.54 Å². The second-order valence-corrected chi connectivity index (χ2v) is 6.61. The fourth-order valence-corrected chi connectivity index (χ4v) is 3.22. The van der Waals surface area contributed by atoms with Gasteiger partial charge in [-0.25, -0.2) is 0 Å². The van der Waals surface area contributed by atoms with Crippen LogP contribution >= 0.6 is 0 Å². The summed E-state index contributed by atoms with van der Waals surface area (Å²) in [5.74, 6) is 0.0359. The van der Waals surface area contributed by atoms with Crippen molar-refractivity contribution in [3.63, 3.8) is 0 Å². The number of carbonyl (C=O) groups is 1. The van der Waals surface area contributed by atoms with Crippen LogP contribution in [0.1, 0.15) is 51.1 Å². The van der Waals surface area contributed by atoms with Gasteiger partial charge in [-0.15, -0.1) is 0 Å². The van der Waals surface area contributed by atoms with Gasteiger partial charge in [-0.1, -0.05) is 0 Å². The van der Waals surface area contributed by atoms with Crippen molar-refractivity contribution >= 4 is 5.91 Å². The standard InChI is InChI=1S/C15H26N4O/c1-10(8-15(4,5)16-12(3)20)19-7-6-14-13(9-19)11(2)17-18-14/h10H,6-9H2,1-5H3,(H,16,20)(H,17,18)/t10-/m1/s1. The predicted octanol–water partition coefficient (Wildman–Crippen LogP) is 1.77. The van der Waals surface area contributed by atoms with E-state index in [4.69, 9.17) is 0 Å². The Bertz CT molecular complexity index is 492. The summed E-state index contributed by atoms with van der Waals surface area (Å²) in [6.45, 7) is 12.1. The van der Waals surface area contributed by atoms with Crippen LogP contribution in [0.3, 0.4) is 0 Å². The lowest BCUT2D eigenvalue weighted by Gasteiger charge is -2.37. The number of hydrogen-bond donors (Lipinski definition) is 2. The SMILES string of the molecule is CC(=O)NC(C)(C)C[C@@H](C)N1CCc2n[nH]c(C)c2C1. The van der Waals surface area contributed by atoms with Crippen LogP contribution in [0.15, 0.2) is 0 Å². The first kappa shape index (κ1) is 15.0. The minimum absolute atomic E-state index is 0.0359. The van der Waals surface area contributed by atoms with Crippen molar-refractivity contribution in [1.29, 1.82) is 0 Å². The molecule has 1 aromatic heterocycles. The molecule has 5 nitrogen and oxygen atoms in total. The molecule has 2 rings (SSSR count). The molecule has 0 aliphatic carbocycles. The van der Waals surface area contributed by atoms with Crippen molar-refractivity contribution in [2.24, 2.45) is 0 Å². The zero-order valence-corrected chi connectivity index (χ0v) is 13.2. The van der Waals surface area contributed by atoms with Gasteiger partial charge in [0.2, 0.25) is 5.91 Å². The molecule has 0 unspecified atom stereocenters. The minimum atomic E-state index is -0.170. The molecule has 2 heterocycles. The van der Waals surface area contributed by atoms with E-state index in [2.05, 4.69) is 48.1 Å². The highest BCUT2D eigenvalue weighted by atomic mass is 16.1. The summed E-state index contributed by atoms with van der Waals surface area (Å²) in [6, 6.07) is 0.430. The first-order chi connectivity index (χ1) is 9.28. The van der Waals surface area contributed by atoms with Gasteiger partial charge in [-0.05, 0) is 34.1 Å². The summed E-state index contributed by atoms with van der Waals surface area (Å²) < 4.78 is 0. The molecule has 0 radical (unpaired) electrons. The number of rotatable bonds is 4. The maximum Gasteiger partial charge on any atom is 0.217 e. The summed E-state index contributed by atoms with van der Waals surface area (Å²) in [4.78, 5) is 13.7. The fraction of sp³-hybridized carbons (Fsp3) is 0.733. The van der Waals surface area contributed by atoms with Crippen molar-refractivity contribution in [3.05, 3.63) is 17.0 Å². The third-order valence-electron chi connectivity index (χ3n) is 4.10. The molecule has 1 atom stereocenters. The van der Waals surface area contributed by atoms with Gasteiger partial charge in [-0.3, -0.25) is 14.8 Å². The van der Waals surface area contributed by atoms with E-state index in [0.717, 1.165) is 25.9 Å². The maximum absolute atomic E-state index is 11.3. The Morgan fingerprint density at radius 3 is 2.90 bits per heavy atom. The number of aromatic nitrogens is 2. The maximum atomic E-state index is 11.3. The highest BCUT2D eigenvalue weighted by Crippen LogP contribution is 2.24. The lowest BCUT2D eigenvalue weighted by Crippen LogP contribution is -2.48. The van der Waals surface area contributed by atoms with Crippen LogP contribution in [-0.2, 0) is 17.8 Å². The predicted molar refractivity (Wildman–Crippen MR) is 79.4 cm³/mol. The number of nitrogens with one attached hydrogen (secondary N) is 2. The molecule has 1 amide bonds. The van der Waals surface area contributed by atoms with Crippen LogP contribution in [0, 0.1) is 6.92 Å². The molecular formula is C15H26N4O. The number of aryl methyl sites for hydroxylation is 1. The number of fused-ring (bicyclic) bond motifs is 1. The first-order valence-electron chi connectivity index (χ1n) is 7.34. The van der Waals surface area contributed by atoms with E-state index in [1.165, 1.54) is 17.0 Å². The number of nitrogens with zero attached hydrogens (tertiary/aromatic N) is 2. The number of amides is 1. The molecule has 0 aromatic carbocycles. The third-order valence-corrected chi connectivity index (χ3v) is 4.10. The van der Waals surface area contributed by atoms with Crippen molar-refractivity contribution in [3.8, 4) is 0 Å². The molecule has 2 N–H and O–H groups in total. The van der Waals surface area contributed by atoms with E-state index in [0.29, 0.717) is 6.04 Å². The van der Waals surface area contributed by atoms with Crippen LogP contribution in [0.2, 0.25) is 0 Å². The van der Waals surface area contributed by atoms with E-state index < -0.39 is 0 Å². The summed E-state index contributed by atoms with van der Waals surface area (Å²) in [6.07, 6.45) is 1.95. The van der Waals surface area contributed by atoms with Gasteiger partial charge >= 0.3 is 0 Å². The highest BCUT2D eigenvalue weighted by Gasteiger charge is 2.28. The van der Waals surface area contributed by atoms with Crippen LogP contribution in [-0.4, -0.2) is 39.1 Å². The Morgan fingerprint density at radius 1 is 1.55 bits per heavy atom. The summed E-state index contributed by atoms with van der Waals surface area (Å²) in [5, 5.41) is 10.5. The van der Waals surface area contributed by atoms with E-state index in [9.17, 15) is 4.79 Å². The molecule has 0 fully saturated rings. The van der Waals surface area contributed by atoms with E-state index in [-0.39, 0.29) is 11.4 Å². The Kier molecular flexibility index (Phi) is 4.18.